The predicted molar refractivity (Wildman–Crippen MR) is 63.6 cm³/mol. The summed E-state index contributed by atoms with van der Waals surface area (Å²) >= 11 is 0. The van der Waals surface area contributed by atoms with Crippen molar-refractivity contribution in [1.29, 1.82) is 0 Å². The van der Waals surface area contributed by atoms with Crippen LogP contribution in [0.1, 0.15) is 50.9 Å². The molecule has 1 aromatic rings. The first kappa shape index (κ1) is 12.0. The summed E-state index contributed by atoms with van der Waals surface area (Å²) in [7, 11) is 0. The van der Waals surface area contributed by atoms with Gasteiger partial charge in [0.25, 0.3) is 0 Å². The number of hydrogen-bond acceptors (Lipinski definition) is 3. The van der Waals surface area contributed by atoms with Crippen LogP contribution in [0.25, 0.3) is 0 Å². The van der Waals surface area contributed by atoms with Crippen LogP contribution in [0.2, 0.25) is 0 Å². The maximum absolute atomic E-state index is 11.7. The average molecular weight is 237 g/mol. The number of aromatic amines is 1. The second-order valence-electron chi connectivity index (χ2n) is 5.40. The summed E-state index contributed by atoms with van der Waals surface area (Å²) in [5.41, 5.74) is 1.75. The van der Waals surface area contributed by atoms with Gasteiger partial charge in [-0.1, -0.05) is 0 Å². The first-order valence-corrected chi connectivity index (χ1v) is 5.97. The Morgan fingerprint density at radius 1 is 1.59 bits per heavy atom. The van der Waals surface area contributed by atoms with Gasteiger partial charge in [0.2, 0.25) is 0 Å². The van der Waals surface area contributed by atoms with E-state index in [1.807, 2.05) is 27.0 Å². The van der Waals surface area contributed by atoms with Gasteiger partial charge in [-0.25, -0.2) is 4.79 Å². The molecular weight excluding hydrogens is 218 g/mol. The number of carbonyl (C=O) groups excluding carboxylic acids is 1. The third kappa shape index (κ3) is 2.99. The molecular formula is C12H19N3O2. The summed E-state index contributed by atoms with van der Waals surface area (Å²) in [6.07, 6.45) is 4.47. The lowest BCUT2D eigenvalue weighted by atomic mass is 9.94. The Morgan fingerprint density at radius 3 is 3.06 bits per heavy atom. The number of H-pyrrole nitrogens is 1. The highest BCUT2D eigenvalue weighted by atomic mass is 16.6. The molecule has 2 N–H and O–H groups in total. The molecule has 0 unspecified atom stereocenters. The van der Waals surface area contributed by atoms with E-state index in [2.05, 4.69) is 15.5 Å². The lowest BCUT2D eigenvalue weighted by Crippen LogP contribution is -2.36. The van der Waals surface area contributed by atoms with Crippen molar-refractivity contribution in [3.63, 3.8) is 0 Å². The van der Waals surface area contributed by atoms with E-state index in [9.17, 15) is 4.79 Å². The maximum Gasteiger partial charge on any atom is 0.408 e. The van der Waals surface area contributed by atoms with Gasteiger partial charge < -0.3 is 10.1 Å². The zero-order valence-electron chi connectivity index (χ0n) is 10.5. The van der Waals surface area contributed by atoms with Gasteiger partial charge in [-0.15, -0.1) is 0 Å². The number of nitrogens with zero attached hydrogens (tertiary/aromatic N) is 1. The smallest absolute Gasteiger partial charge is 0.408 e. The molecule has 94 valence electrons. The molecule has 0 saturated carbocycles. The highest BCUT2D eigenvalue weighted by Gasteiger charge is 2.25. The van der Waals surface area contributed by atoms with E-state index in [4.69, 9.17) is 4.74 Å². The normalized spacial score (nSPS) is 19.6. The van der Waals surface area contributed by atoms with Crippen LogP contribution in [0, 0.1) is 0 Å². The monoisotopic (exact) mass is 237 g/mol. The molecule has 1 aromatic heterocycles. The number of rotatable bonds is 1. The minimum Gasteiger partial charge on any atom is -0.444 e. The van der Waals surface area contributed by atoms with Crippen LogP contribution >= 0.6 is 0 Å². The molecule has 0 aromatic carbocycles. The van der Waals surface area contributed by atoms with E-state index in [1.54, 1.807) is 0 Å². The molecule has 1 amide bonds. The van der Waals surface area contributed by atoms with Gasteiger partial charge in [0, 0.05) is 0 Å². The van der Waals surface area contributed by atoms with Crippen molar-refractivity contribution in [3.8, 4) is 0 Å². The lowest BCUT2D eigenvalue weighted by molar-refractivity contribution is 0.0497. The summed E-state index contributed by atoms with van der Waals surface area (Å²) in [4.78, 5) is 11.7. The van der Waals surface area contributed by atoms with E-state index in [0.29, 0.717) is 0 Å². The summed E-state index contributed by atoms with van der Waals surface area (Å²) in [5, 5.41) is 9.86. The van der Waals surface area contributed by atoms with Crippen LogP contribution in [0.5, 0.6) is 0 Å². The number of aromatic nitrogens is 2. The number of hydrogen-bond donors (Lipinski definition) is 2. The number of fused-ring (bicyclic) bond motifs is 1. The SMILES string of the molecule is CC(C)(C)OC(=O)N[C@@H]1CCCc2cn[nH]c21. The zero-order chi connectivity index (χ0) is 12.5. The van der Waals surface area contributed by atoms with Gasteiger partial charge in [0.15, 0.2) is 0 Å². The summed E-state index contributed by atoms with van der Waals surface area (Å²) in [5.74, 6) is 0. The highest BCUT2D eigenvalue weighted by Crippen LogP contribution is 2.27. The number of amides is 1. The number of nitrogens with one attached hydrogen (secondary N) is 2. The third-order valence-electron chi connectivity index (χ3n) is 2.73. The van der Waals surface area contributed by atoms with E-state index < -0.39 is 5.60 Å². The van der Waals surface area contributed by atoms with Gasteiger partial charge in [0.05, 0.1) is 17.9 Å². The first-order valence-electron chi connectivity index (χ1n) is 5.97. The van der Waals surface area contributed by atoms with Gasteiger partial charge in [-0.2, -0.15) is 5.10 Å². The number of ether oxygens (including phenoxy) is 1. The van der Waals surface area contributed by atoms with Crippen LogP contribution in [0.15, 0.2) is 6.20 Å². The molecule has 17 heavy (non-hydrogen) atoms. The van der Waals surface area contributed by atoms with Gasteiger partial charge in [0.1, 0.15) is 5.60 Å². The first-order chi connectivity index (χ1) is 7.96. The Hall–Kier alpha value is -1.52. The fraction of sp³-hybridized carbons (Fsp3) is 0.667. The largest absolute Gasteiger partial charge is 0.444 e. The molecule has 5 heteroatoms. The highest BCUT2D eigenvalue weighted by molar-refractivity contribution is 5.68. The molecule has 0 saturated heterocycles. The number of aryl methyl sites for hydroxylation is 1. The average Bonchev–Trinajstić information content (AvgIpc) is 2.63. The second-order valence-corrected chi connectivity index (χ2v) is 5.40. The molecule has 2 rings (SSSR count). The minimum atomic E-state index is -0.463. The Bertz CT molecular complexity index is 406. The number of alkyl carbamates (subject to hydrolysis) is 1. The molecule has 0 aliphatic heterocycles. The van der Waals surface area contributed by atoms with E-state index in [1.165, 1.54) is 5.56 Å². The Morgan fingerprint density at radius 2 is 2.35 bits per heavy atom. The molecule has 5 nitrogen and oxygen atoms in total. The summed E-state index contributed by atoms with van der Waals surface area (Å²) in [6.45, 7) is 5.57. The Kier molecular flexibility index (Phi) is 3.09. The van der Waals surface area contributed by atoms with Gasteiger partial charge in [-0.3, -0.25) is 5.10 Å². The molecule has 1 heterocycles. The van der Waals surface area contributed by atoms with Crippen LogP contribution in [-0.4, -0.2) is 21.9 Å². The Balaban J connectivity index is 2.00. The van der Waals surface area contributed by atoms with Crippen molar-refractivity contribution in [2.45, 2.75) is 51.7 Å². The van der Waals surface area contributed by atoms with Crippen molar-refractivity contribution >= 4 is 6.09 Å². The number of carbonyl (C=O) groups is 1. The quantitative estimate of drug-likeness (QED) is 0.787. The Labute approximate surface area is 101 Å². The van der Waals surface area contributed by atoms with Crippen molar-refractivity contribution in [2.24, 2.45) is 0 Å². The topological polar surface area (TPSA) is 67.0 Å². The molecule has 1 atom stereocenters. The molecule has 0 spiro atoms. The fourth-order valence-corrected chi connectivity index (χ4v) is 2.06. The summed E-state index contributed by atoms with van der Waals surface area (Å²) in [6, 6.07) is -0.00361. The molecule has 1 aliphatic rings. The van der Waals surface area contributed by atoms with Crippen LogP contribution in [-0.2, 0) is 11.2 Å². The third-order valence-corrected chi connectivity index (χ3v) is 2.73. The fourth-order valence-electron chi connectivity index (χ4n) is 2.06. The van der Waals surface area contributed by atoms with E-state index in [-0.39, 0.29) is 12.1 Å². The van der Waals surface area contributed by atoms with Crippen molar-refractivity contribution in [1.82, 2.24) is 15.5 Å². The standard InChI is InChI=1S/C12H19N3O2/c1-12(2,3)17-11(16)14-9-6-4-5-8-7-13-15-10(8)9/h7,9H,4-6H2,1-3H3,(H,13,15)(H,14,16)/t9-/m1/s1. The van der Waals surface area contributed by atoms with Crippen LogP contribution < -0.4 is 5.32 Å². The minimum absolute atomic E-state index is 0.00361. The molecule has 0 bridgehead atoms. The van der Waals surface area contributed by atoms with Gasteiger partial charge in [-0.05, 0) is 45.6 Å². The molecule has 0 fully saturated rings. The summed E-state index contributed by atoms with van der Waals surface area (Å²) < 4.78 is 5.25. The maximum atomic E-state index is 11.7. The van der Waals surface area contributed by atoms with Crippen LogP contribution in [0.4, 0.5) is 4.79 Å². The van der Waals surface area contributed by atoms with Crippen molar-refractivity contribution in [3.05, 3.63) is 17.5 Å². The zero-order valence-corrected chi connectivity index (χ0v) is 10.5. The van der Waals surface area contributed by atoms with E-state index in [0.717, 1.165) is 25.0 Å². The predicted octanol–water partition coefficient (Wildman–Crippen LogP) is 2.31. The lowest BCUT2D eigenvalue weighted by Gasteiger charge is -2.25. The molecule has 0 radical (unpaired) electrons. The van der Waals surface area contributed by atoms with Gasteiger partial charge >= 0.3 is 6.09 Å². The second kappa shape index (κ2) is 4.39. The van der Waals surface area contributed by atoms with Crippen LogP contribution in [0.3, 0.4) is 0 Å². The van der Waals surface area contributed by atoms with E-state index >= 15 is 0 Å². The van der Waals surface area contributed by atoms with Crippen molar-refractivity contribution < 1.29 is 9.53 Å². The molecule has 1 aliphatic carbocycles. The van der Waals surface area contributed by atoms with Crippen molar-refractivity contribution in [2.75, 3.05) is 0 Å².